The predicted octanol–water partition coefficient (Wildman–Crippen LogP) is 1.75. The summed E-state index contributed by atoms with van der Waals surface area (Å²) in [6.07, 6.45) is 1.92. The molecule has 1 aliphatic heterocycles. The number of hydrogen-bond donors (Lipinski definition) is 1. The predicted molar refractivity (Wildman–Crippen MR) is 39.0 cm³/mol. The van der Waals surface area contributed by atoms with E-state index in [1.165, 1.54) is 0 Å². The molecule has 1 unspecified atom stereocenters. The van der Waals surface area contributed by atoms with Crippen LogP contribution in [0.1, 0.15) is 6.92 Å². The van der Waals surface area contributed by atoms with Crippen LogP contribution in [-0.2, 0) is 0 Å². The zero-order chi connectivity index (χ0) is 6.04. The van der Waals surface area contributed by atoms with Gasteiger partial charge in [0, 0.05) is 6.20 Å². The number of rotatable bonds is 1. The van der Waals surface area contributed by atoms with Crippen molar-refractivity contribution >= 4 is 23.4 Å². The Labute approximate surface area is 58.5 Å². The fourth-order valence-electron chi connectivity index (χ4n) is 0.499. The van der Waals surface area contributed by atoms with Gasteiger partial charge in [-0.1, -0.05) is 0 Å². The molecule has 3 heteroatoms. The van der Waals surface area contributed by atoms with Crippen LogP contribution in [0.25, 0.3) is 0 Å². The van der Waals surface area contributed by atoms with Crippen molar-refractivity contribution in [3.63, 3.8) is 0 Å². The first-order chi connectivity index (χ1) is 3.77. The number of thioether (sulfide) groups is 1. The normalized spacial score (nSPS) is 35.2. The molecule has 0 aromatic rings. The minimum Gasteiger partial charge on any atom is -0.375 e. The maximum absolute atomic E-state index is 5.63. The largest absolute Gasteiger partial charge is 0.375 e. The number of alkyl halides is 1. The van der Waals surface area contributed by atoms with E-state index in [1.54, 1.807) is 11.8 Å². The molecule has 0 amide bonds. The van der Waals surface area contributed by atoms with Crippen LogP contribution in [-0.4, -0.2) is 10.8 Å². The highest BCUT2D eigenvalue weighted by molar-refractivity contribution is 8.03. The number of halogens is 1. The van der Waals surface area contributed by atoms with Crippen molar-refractivity contribution in [2.24, 2.45) is 0 Å². The van der Waals surface area contributed by atoms with Gasteiger partial charge in [-0.15, -0.1) is 23.4 Å². The van der Waals surface area contributed by atoms with Crippen LogP contribution < -0.4 is 5.32 Å². The van der Waals surface area contributed by atoms with E-state index in [1.807, 2.05) is 11.6 Å². The fraction of sp³-hybridized carbons (Fsp3) is 0.600. The lowest BCUT2D eigenvalue weighted by Crippen LogP contribution is -2.33. The van der Waals surface area contributed by atoms with Gasteiger partial charge < -0.3 is 5.32 Å². The van der Waals surface area contributed by atoms with Gasteiger partial charge in [-0.25, -0.2) is 0 Å². The first kappa shape index (κ1) is 6.30. The summed E-state index contributed by atoms with van der Waals surface area (Å²) in [6.45, 7) is 2.07. The van der Waals surface area contributed by atoms with E-state index in [0.717, 1.165) is 0 Å². The standard InChI is InChI=1S/C5H8ClNS/c1-5(4-6)7-2-3-8-5/h2-3,7H,4H2,1H3. The van der Waals surface area contributed by atoms with E-state index in [9.17, 15) is 0 Å². The molecular formula is C5H8ClNS. The highest BCUT2D eigenvalue weighted by Crippen LogP contribution is 2.28. The van der Waals surface area contributed by atoms with Gasteiger partial charge in [0.25, 0.3) is 0 Å². The van der Waals surface area contributed by atoms with Crippen LogP contribution in [0.4, 0.5) is 0 Å². The van der Waals surface area contributed by atoms with Crippen molar-refractivity contribution in [1.29, 1.82) is 0 Å². The second-order valence-electron chi connectivity index (χ2n) is 1.93. The molecule has 0 radical (unpaired) electrons. The lowest BCUT2D eigenvalue weighted by molar-refractivity contribution is 0.659. The maximum atomic E-state index is 5.63. The first-order valence-corrected chi connectivity index (χ1v) is 3.85. The van der Waals surface area contributed by atoms with Crippen molar-refractivity contribution in [3.8, 4) is 0 Å². The topological polar surface area (TPSA) is 12.0 Å². The van der Waals surface area contributed by atoms with Crippen LogP contribution >= 0.6 is 23.4 Å². The smallest absolute Gasteiger partial charge is 0.0978 e. The molecule has 8 heavy (non-hydrogen) atoms. The molecule has 1 aliphatic rings. The summed E-state index contributed by atoms with van der Waals surface area (Å²) in [5.41, 5.74) is 0. The highest BCUT2D eigenvalue weighted by atomic mass is 35.5. The first-order valence-electron chi connectivity index (χ1n) is 2.43. The van der Waals surface area contributed by atoms with Crippen LogP contribution in [0.5, 0.6) is 0 Å². The molecule has 1 rings (SSSR count). The van der Waals surface area contributed by atoms with E-state index >= 15 is 0 Å². The van der Waals surface area contributed by atoms with E-state index in [-0.39, 0.29) is 4.87 Å². The zero-order valence-corrected chi connectivity index (χ0v) is 6.22. The van der Waals surface area contributed by atoms with E-state index < -0.39 is 0 Å². The number of hydrogen-bond acceptors (Lipinski definition) is 2. The maximum Gasteiger partial charge on any atom is 0.0978 e. The lowest BCUT2D eigenvalue weighted by Gasteiger charge is -2.19. The molecule has 0 fully saturated rings. The van der Waals surface area contributed by atoms with E-state index in [0.29, 0.717) is 5.88 Å². The molecule has 0 saturated heterocycles. The molecule has 46 valence electrons. The molecule has 0 aliphatic carbocycles. The van der Waals surface area contributed by atoms with Gasteiger partial charge in [0.1, 0.15) is 0 Å². The minimum atomic E-state index is 0.0571. The third-order valence-corrected chi connectivity index (χ3v) is 2.79. The molecule has 0 bridgehead atoms. The summed E-state index contributed by atoms with van der Waals surface area (Å²) >= 11 is 7.35. The van der Waals surface area contributed by atoms with Gasteiger partial charge in [0.2, 0.25) is 0 Å². The summed E-state index contributed by atoms with van der Waals surface area (Å²) in [4.78, 5) is 0.0571. The van der Waals surface area contributed by atoms with Gasteiger partial charge in [0.05, 0.1) is 10.8 Å². The molecule has 0 aromatic carbocycles. The minimum absolute atomic E-state index is 0.0571. The van der Waals surface area contributed by atoms with Crippen molar-refractivity contribution in [1.82, 2.24) is 5.32 Å². The molecule has 1 N–H and O–H groups in total. The van der Waals surface area contributed by atoms with E-state index in [2.05, 4.69) is 12.2 Å². The van der Waals surface area contributed by atoms with Crippen LogP contribution in [0.2, 0.25) is 0 Å². The van der Waals surface area contributed by atoms with Crippen LogP contribution in [0.3, 0.4) is 0 Å². The third-order valence-electron chi connectivity index (χ3n) is 1.04. The Morgan fingerprint density at radius 2 is 2.62 bits per heavy atom. The lowest BCUT2D eigenvalue weighted by atomic mass is 10.4. The van der Waals surface area contributed by atoms with Gasteiger partial charge in [-0.2, -0.15) is 0 Å². The fourth-order valence-corrected chi connectivity index (χ4v) is 1.40. The van der Waals surface area contributed by atoms with Crippen molar-refractivity contribution in [3.05, 3.63) is 11.6 Å². The summed E-state index contributed by atoms with van der Waals surface area (Å²) in [5.74, 6) is 0.644. The molecular weight excluding hydrogens is 142 g/mol. The number of nitrogens with one attached hydrogen (secondary N) is 1. The van der Waals surface area contributed by atoms with Crippen molar-refractivity contribution in [2.75, 3.05) is 5.88 Å². The van der Waals surface area contributed by atoms with Gasteiger partial charge in [-0.3, -0.25) is 0 Å². The SMILES string of the molecule is CC1(CCl)NC=CS1. The van der Waals surface area contributed by atoms with Crippen LogP contribution in [0, 0.1) is 0 Å². The second kappa shape index (κ2) is 2.19. The second-order valence-corrected chi connectivity index (χ2v) is 3.61. The Hall–Kier alpha value is 0.180. The summed E-state index contributed by atoms with van der Waals surface area (Å²) in [6, 6.07) is 0. The summed E-state index contributed by atoms with van der Waals surface area (Å²) in [7, 11) is 0. The average molecular weight is 150 g/mol. The quantitative estimate of drug-likeness (QED) is 0.571. The van der Waals surface area contributed by atoms with Crippen molar-refractivity contribution in [2.45, 2.75) is 11.8 Å². The molecule has 1 atom stereocenters. The highest BCUT2D eigenvalue weighted by Gasteiger charge is 2.23. The molecule has 1 heterocycles. The van der Waals surface area contributed by atoms with Crippen molar-refractivity contribution < 1.29 is 0 Å². The Balaban J connectivity index is 2.46. The molecule has 0 saturated carbocycles. The van der Waals surface area contributed by atoms with Gasteiger partial charge in [0.15, 0.2) is 0 Å². The Morgan fingerprint density at radius 3 is 2.88 bits per heavy atom. The zero-order valence-electron chi connectivity index (χ0n) is 4.65. The molecule has 0 spiro atoms. The Morgan fingerprint density at radius 1 is 1.88 bits per heavy atom. The average Bonchev–Trinajstić information content (AvgIpc) is 2.17. The monoisotopic (exact) mass is 149 g/mol. The van der Waals surface area contributed by atoms with Crippen LogP contribution in [0.15, 0.2) is 11.6 Å². The molecule has 0 aromatic heterocycles. The van der Waals surface area contributed by atoms with Gasteiger partial charge in [-0.05, 0) is 12.3 Å². The van der Waals surface area contributed by atoms with Gasteiger partial charge >= 0.3 is 0 Å². The molecule has 1 nitrogen and oxygen atoms in total. The Kier molecular flexibility index (Phi) is 1.73. The third kappa shape index (κ3) is 1.12. The summed E-state index contributed by atoms with van der Waals surface area (Å²) in [5, 5.41) is 5.15. The Bertz CT molecular complexity index is 105. The summed E-state index contributed by atoms with van der Waals surface area (Å²) < 4.78 is 0. The van der Waals surface area contributed by atoms with E-state index in [4.69, 9.17) is 11.6 Å².